The molecule has 41 heavy (non-hydrogen) atoms. The fourth-order valence-electron chi connectivity index (χ4n) is 5.46. The van der Waals surface area contributed by atoms with E-state index in [-0.39, 0.29) is 0 Å². The average Bonchev–Trinajstić information content (AvgIpc) is 2.98. The first kappa shape index (κ1) is 31.9. The molecule has 0 radical (unpaired) electrons. The van der Waals surface area contributed by atoms with Crippen LogP contribution in [0.25, 0.3) is 0 Å². The standard InChI is InChI=1S/C30H39ClO9Si/c1-16-25(35-7)19(32-4)13-22(28(16)38-10)41(31,23-14-20(33-5)26(36-8)17(2)29(23)39-11)24-15-21(34-6)27(37-9)18(3)30(24)40-12/h13-15H,1-12H3. The number of hydrogen-bond donors (Lipinski definition) is 0. The highest BCUT2D eigenvalue weighted by Crippen LogP contribution is 2.43. The van der Waals surface area contributed by atoms with E-state index in [1.807, 2.05) is 39.0 Å². The first-order valence-electron chi connectivity index (χ1n) is 12.7. The highest BCUT2D eigenvalue weighted by Gasteiger charge is 2.48. The second-order valence-electron chi connectivity index (χ2n) is 9.11. The van der Waals surface area contributed by atoms with Crippen LogP contribution in [0.4, 0.5) is 0 Å². The van der Waals surface area contributed by atoms with Gasteiger partial charge < -0.3 is 42.6 Å². The maximum absolute atomic E-state index is 8.17. The molecule has 224 valence electrons. The zero-order valence-corrected chi connectivity index (χ0v) is 27.5. The minimum atomic E-state index is -3.73. The van der Waals surface area contributed by atoms with Crippen LogP contribution >= 0.6 is 11.1 Å². The van der Waals surface area contributed by atoms with Crippen LogP contribution in [0.5, 0.6) is 51.7 Å². The molecule has 0 amide bonds. The molecule has 0 fully saturated rings. The molecule has 0 unspecified atom stereocenters. The summed E-state index contributed by atoms with van der Waals surface area (Å²) in [6.45, 7) is 5.68. The van der Waals surface area contributed by atoms with Crippen molar-refractivity contribution >= 4 is 34.0 Å². The molecule has 3 aromatic carbocycles. The largest absolute Gasteiger partial charge is 0.496 e. The minimum absolute atomic E-state index is 0.491. The Hall–Kier alpha value is -3.63. The Balaban J connectivity index is 2.74. The predicted octanol–water partition coefficient (Wildman–Crippen LogP) is 3.89. The van der Waals surface area contributed by atoms with Crippen molar-refractivity contribution in [2.75, 3.05) is 64.0 Å². The van der Waals surface area contributed by atoms with Crippen molar-refractivity contribution in [3.63, 3.8) is 0 Å². The highest BCUT2D eigenvalue weighted by atomic mass is 35.6. The van der Waals surface area contributed by atoms with Gasteiger partial charge in [-0.15, -0.1) is 11.1 Å². The van der Waals surface area contributed by atoms with Crippen LogP contribution in [0.2, 0.25) is 0 Å². The smallest absolute Gasteiger partial charge is 0.259 e. The van der Waals surface area contributed by atoms with Gasteiger partial charge in [0.25, 0.3) is 7.38 Å². The molecule has 0 aliphatic rings. The van der Waals surface area contributed by atoms with Gasteiger partial charge in [-0.05, 0) is 39.0 Å². The molecule has 3 aromatic rings. The van der Waals surface area contributed by atoms with E-state index in [4.69, 9.17) is 53.7 Å². The van der Waals surface area contributed by atoms with Crippen molar-refractivity contribution < 1.29 is 42.6 Å². The van der Waals surface area contributed by atoms with Gasteiger partial charge in [0.2, 0.25) is 0 Å². The maximum Gasteiger partial charge on any atom is 0.259 e. The summed E-state index contributed by atoms with van der Waals surface area (Å²) >= 11 is 8.17. The molecule has 0 heterocycles. The molecule has 0 saturated carbocycles. The fourth-order valence-corrected chi connectivity index (χ4v) is 10.4. The molecule has 0 bridgehead atoms. The summed E-state index contributed by atoms with van der Waals surface area (Å²) in [5.74, 6) is 4.68. The van der Waals surface area contributed by atoms with Crippen molar-refractivity contribution in [3.8, 4) is 51.7 Å². The summed E-state index contributed by atoms with van der Waals surface area (Å²) in [5.41, 5.74) is 2.15. The van der Waals surface area contributed by atoms with Gasteiger partial charge in [0.1, 0.15) is 17.2 Å². The van der Waals surface area contributed by atoms with Crippen molar-refractivity contribution in [3.05, 3.63) is 34.9 Å². The molecule has 0 aromatic heterocycles. The monoisotopic (exact) mass is 606 g/mol. The molecule has 0 saturated heterocycles. The summed E-state index contributed by atoms with van der Waals surface area (Å²) in [6.07, 6.45) is 0. The molecule has 0 aliphatic carbocycles. The van der Waals surface area contributed by atoms with Crippen LogP contribution in [0.15, 0.2) is 18.2 Å². The van der Waals surface area contributed by atoms with Crippen molar-refractivity contribution in [1.29, 1.82) is 0 Å². The molecular weight excluding hydrogens is 568 g/mol. The summed E-state index contributed by atoms with van der Waals surface area (Å²) in [7, 11) is 10.5. The van der Waals surface area contributed by atoms with E-state index >= 15 is 0 Å². The molecule has 9 nitrogen and oxygen atoms in total. The van der Waals surface area contributed by atoms with E-state index in [1.165, 1.54) is 0 Å². The number of hydrogen-bond acceptors (Lipinski definition) is 9. The van der Waals surface area contributed by atoms with E-state index in [2.05, 4.69) is 0 Å². The van der Waals surface area contributed by atoms with Gasteiger partial charge in [0.15, 0.2) is 34.5 Å². The van der Waals surface area contributed by atoms with Crippen LogP contribution < -0.4 is 58.2 Å². The lowest BCUT2D eigenvalue weighted by molar-refractivity contribution is 0.346. The number of ether oxygens (including phenoxy) is 9. The van der Waals surface area contributed by atoms with Gasteiger partial charge in [0, 0.05) is 32.3 Å². The zero-order valence-electron chi connectivity index (χ0n) is 25.8. The molecule has 0 N–H and O–H groups in total. The molecular formula is C30H39ClO9Si. The van der Waals surface area contributed by atoms with Gasteiger partial charge in [0.05, 0.1) is 64.0 Å². The predicted molar refractivity (Wildman–Crippen MR) is 163 cm³/mol. The maximum atomic E-state index is 8.17. The number of methoxy groups -OCH3 is 9. The first-order chi connectivity index (χ1) is 19.6. The van der Waals surface area contributed by atoms with Gasteiger partial charge in [-0.3, -0.25) is 0 Å². The van der Waals surface area contributed by atoms with E-state index in [0.29, 0.717) is 84.0 Å². The van der Waals surface area contributed by atoms with E-state index < -0.39 is 7.38 Å². The molecule has 0 aliphatic heterocycles. The van der Waals surface area contributed by atoms with Crippen molar-refractivity contribution in [1.82, 2.24) is 0 Å². The van der Waals surface area contributed by atoms with Crippen LogP contribution in [0.1, 0.15) is 16.7 Å². The Morgan fingerprint density at radius 2 is 0.610 bits per heavy atom. The minimum Gasteiger partial charge on any atom is -0.496 e. The summed E-state index contributed by atoms with van der Waals surface area (Å²) in [4.78, 5) is 0. The third-order valence-electron chi connectivity index (χ3n) is 7.27. The number of rotatable bonds is 12. The van der Waals surface area contributed by atoms with E-state index in [0.717, 1.165) is 0 Å². The quantitative estimate of drug-likeness (QED) is 0.173. The summed E-state index contributed by atoms with van der Waals surface area (Å²) in [5, 5.41) is 2.02. The van der Waals surface area contributed by atoms with Gasteiger partial charge in [-0.25, -0.2) is 0 Å². The lowest BCUT2D eigenvalue weighted by atomic mass is 10.1. The Morgan fingerprint density at radius 3 is 0.780 bits per heavy atom. The Morgan fingerprint density at radius 1 is 0.390 bits per heavy atom. The van der Waals surface area contributed by atoms with Crippen molar-refractivity contribution in [2.24, 2.45) is 0 Å². The van der Waals surface area contributed by atoms with Crippen LogP contribution in [-0.2, 0) is 0 Å². The van der Waals surface area contributed by atoms with Gasteiger partial charge in [-0.2, -0.15) is 0 Å². The Labute approximate surface area is 247 Å². The number of benzene rings is 3. The topological polar surface area (TPSA) is 83.1 Å². The lowest BCUT2D eigenvalue weighted by Crippen LogP contribution is -2.64. The second-order valence-corrected chi connectivity index (χ2v) is 13.7. The third kappa shape index (κ3) is 5.03. The van der Waals surface area contributed by atoms with Crippen LogP contribution in [-0.4, -0.2) is 71.4 Å². The second kappa shape index (κ2) is 12.9. The zero-order chi connectivity index (χ0) is 30.6. The van der Waals surface area contributed by atoms with E-state index in [1.54, 1.807) is 64.0 Å². The van der Waals surface area contributed by atoms with E-state index in [9.17, 15) is 0 Å². The normalized spacial score (nSPS) is 11.0. The first-order valence-corrected chi connectivity index (χ1v) is 15.7. The lowest BCUT2D eigenvalue weighted by Gasteiger charge is -2.33. The summed E-state index contributed by atoms with van der Waals surface area (Å²) in [6, 6.07) is 5.54. The molecule has 11 heteroatoms. The molecule has 0 spiro atoms. The summed E-state index contributed by atoms with van der Waals surface area (Å²) < 4.78 is 52.5. The van der Waals surface area contributed by atoms with Crippen molar-refractivity contribution in [2.45, 2.75) is 20.8 Å². The van der Waals surface area contributed by atoms with Crippen LogP contribution in [0.3, 0.4) is 0 Å². The van der Waals surface area contributed by atoms with Gasteiger partial charge in [-0.1, -0.05) is 0 Å². The molecule has 0 atom stereocenters. The number of halogens is 1. The highest BCUT2D eigenvalue weighted by molar-refractivity contribution is 7.41. The molecule has 3 rings (SSSR count). The average molecular weight is 607 g/mol. The Kier molecular flexibility index (Phi) is 10.0. The van der Waals surface area contributed by atoms with Gasteiger partial charge >= 0.3 is 0 Å². The Bertz CT molecular complexity index is 1260. The van der Waals surface area contributed by atoms with Crippen LogP contribution in [0, 0.1) is 20.8 Å². The fraction of sp³-hybridized carbons (Fsp3) is 0.400. The third-order valence-corrected chi connectivity index (χ3v) is 12.4. The SMILES string of the molecule is COc1cc([Si](Cl)(c2cc(OC)c(OC)c(C)c2OC)c2cc(OC)c(OC)c(C)c2OC)c(OC)c(C)c1OC.